The Morgan fingerprint density at radius 2 is 2.00 bits per heavy atom. The molecule has 0 fully saturated rings. The first-order valence-corrected chi connectivity index (χ1v) is 8.60. The van der Waals surface area contributed by atoms with Gasteiger partial charge in [-0.25, -0.2) is 4.39 Å². The van der Waals surface area contributed by atoms with E-state index in [9.17, 15) is 9.18 Å². The summed E-state index contributed by atoms with van der Waals surface area (Å²) in [6, 6.07) is 15.3. The molecule has 0 aliphatic rings. The van der Waals surface area contributed by atoms with Crippen molar-refractivity contribution in [3.8, 4) is 17.2 Å². The Hall–Kier alpha value is -3.67. The lowest BCUT2D eigenvalue weighted by atomic mass is 10.2. The number of amides is 1. The van der Waals surface area contributed by atoms with Gasteiger partial charge in [0, 0.05) is 18.8 Å². The minimum Gasteiger partial charge on any atom is -0.497 e. The first-order chi connectivity index (χ1) is 13.6. The Morgan fingerprint density at radius 1 is 1.14 bits per heavy atom. The summed E-state index contributed by atoms with van der Waals surface area (Å²) in [4.78, 5) is 15.9. The molecule has 0 saturated carbocycles. The van der Waals surface area contributed by atoms with Crippen molar-refractivity contribution >= 4 is 12.0 Å². The number of ether oxygens (including phenoxy) is 2. The van der Waals surface area contributed by atoms with Crippen LogP contribution in [-0.4, -0.2) is 18.0 Å². The number of methoxy groups -OCH3 is 1. The second kappa shape index (κ2) is 9.32. The third-order valence-electron chi connectivity index (χ3n) is 3.85. The molecule has 1 heterocycles. The molecule has 0 atom stereocenters. The Balaban J connectivity index is 1.57. The second-order valence-electron chi connectivity index (χ2n) is 5.88. The summed E-state index contributed by atoms with van der Waals surface area (Å²) >= 11 is 0. The van der Waals surface area contributed by atoms with Crippen LogP contribution in [0.2, 0.25) is 0 Å². The average Bonchev–Trinajstić information content (AvgIpc) is 2.73. The molecule has 28 heavy (non-hydrogen) atoms. The van der Waals surface area contributed by atoms with Crippen molar-refractivity contribution in [3.63, 3.8) is 0 Å². The van der Waals surface area contributed by atoms with Gasteiger partial charge in [0.25, 0.3) is 0 Å². The minimum atomic E-state index is -0.525. The number of hydrogen-bond donors (Lipinski definition) is 1. The maximum atomic E-state index is 14.2. The van der Waals surface area contributed by atoms with Gasteiger partial charge in [0.15, 0.2) is 11.6 Å². The fourth-order valence-electron chi connectivity index (χ4n) is 2.44. The largest absolute Gasteiger partial charge is 0.497 e. The predicted octanol–water partition coefficient (Wildman–Crippen LogP) is 4.35. The lowest BCUT2D eigenvalue weighted by Gasteiger charge is -2.07. The normalized spacial score (nSPS) is 10.6. The predicted molar refractivity (Wildman–Crippen MR) is 105 cm³/mol. The van der Waals surface area contributed by atoms with Gasteiger partial charge in [-0.1, -0.05) is 18.2 Å². The molecule has 0 saturated heterocycles. The number of benzene rings is 2. The van der Waals surface area contributed by atoms with Gasteiger partial charge >= 0.3 is 0 Å². The van der Waals surface area contributed by atoms with Crippen molar-refractivity contribution in [1.82, 2.24) is 10.3 Å². The smallest absolute Gasteiger partial charge is 0.244 e. The summed E-state index contributed by atoms with van der Waals surface area (Å²) in [7, 11) is 1.59. The fraction of sp³-hybridized carbons (Fsp3) is 0.0909. The Kier molecular flexibility index (Phi) is 6.36. The van der Waals surface area contributed by atoms with E-state index in [1.807, 2.05) is 24.3 Å². The third kappa shape index (κ3) is 5.41. The summed E-state index contributed by atoms with van der Waals surface area (Å²) in [5.41, 5.74) is 1.47. The van der Waals surface area contributed by atoms with Gasteiger partial charge in [-0.3, -0.25) is 9.78 Å². The highest BCUT2D eigenvalue weighted by Crippen LogP contribution is 2.24. The molecule has 0 bridgehead atoms. The highest BCUT2D eigenvalue weighted by molar-refractivity contribution is 5.91. The summed E-state index contributed by atoms with van der Waals surface area (Å²) in [5.74, 6) is 0.460. The van der Waals surface area contributed by atoms with Gasteiger partial charge in [-0.15, -0.1) is 0 Å². The highest BCUT2D eigenvalue weighted by Gasteiger charge is 2.06. The highest BCUT2D eigenvalue weighted by atomic mass is 19.1. The van der Waals surface area contributed by atoms with E-state index in [0.717, 1.165) is 11.3 Å². The number of pyridine rings is 1. The van der Waals surface area contributed by atoms with Crippen LogP contribution in [0.3, 0.4) is 0 Å². The first kappa shape index (κ1) is 19.1. The van der Waals surface area contributed by atoms with Crippen molar-refractivity contribution < 1.29 is 18.7 Å². The van der Waals surface area contributed by atoms with Crippen LogP contribution in [0.15, 0.2) is 73.1 Å². The summed E-state index contributed by atoms with van der Waals surface area (Å²) < 4.78 is 24.8. The number of hydrogen-bond acceptors (Lipinski definition) is 4. The molecule has 0 radical (unpaired) electrons. The van der Waals surface area contributed by atoms with Crippen molar-refractivity contribution in [2.75, 3.05) is 7.11 Å². The van der Waals surface area contributed by atoms with Gasteiger partial charge in [0.05, 0.1) is 13.3 Å². The molecule has 142 valence electrons. The van der Waals surface area contributed by atoms with Crippen molar-refractivity contribution in [2.24, 2.45) is 0 Å². The van der Waals surface area contributed by atoms with Gasteiger partial charge in [-0.2, -0.15) is 0 Å². The first-order valence-electron chi connectivity index (χ1n) is 8.60. The monoisotopic (exact) mass is 378 g/mol. The molecule has 1 N–H and O–H groups in total. The average molecular weight is 378 g/mol. The summed E-state index contributed by atoms with van der Waals surface area (Å²) in [6.07, 6.45) is 6.00. The maximum absolute atomic E-state index is 14.2. The number of rotatable bonds is 7. The van der Waals surface area contributed by atoms with E-state index in [4.69, 9.17) is 9.47 Å². The molecular weight excluding hydrogens is 359 g/mol. The van der Waals surface area contributed by atoms with Gasteiger partial charge in [0.1, 0.15) is 11.5 Å². The molecule has 5 nitrogen and oxygen atoms in total. The molecule has 6 heteroatoms. The standard InChI is InChI=1S/C22H19FN2O3/c1-27-18-5-2-4-17(12-18)14-25-22(26)10-8-16-7-9-21(20(23)13-16)28-19-6-3-11-24-15-19/h2-13,15H,14H2,1H3,(H,25,26)/b10-8+. The fourth-order valence-corrected chi connectivity index (χ4v) is 2.44. The third-order valence-corrected chi connectivity index (χ3v) is 3.85. The van der Waals surface area contributed by atoms with E-state index in [2.05, 4.69) is 10.3 Å². The molecule has 3 aromatic rings. The topological polar surface area (TPSA) is 60.5 Å². The van der Waals surface area contributed by atoms with Crippen LogP contribution in [0.5, 0.6) is 17.2 Å². The molecule has 1 amide bonds. The van der Waals surface area contributed by atoms with Crippen LogP contribution < -0.4 is 14.8 Å². The van der Waals surface area contributed by atoms with Crippen molar-refractivity contribution in [2.45, 2.75) is 6.54 Å². The second-order valence-corrected chi connectivity index (χ2v) is 5.88. The van der Waals surface area contributed by atoms with E-state index in [0.29, 0.717) is 17.9 Å². The SMILES string of the molecule is COc1cccc(CNC(=O)/C=C/c2ccc(Oc3cccnc3)c(F)c2)c1. The lowest BCUT2D eigenvalue weighted by Crippen LogP contribution is -2.20. The van der Waals surface area contributed by atoms with Crippen LogP contribution in [0.25, 0.3) is 6.08 Å². The van der Waals surface area contributed by atoms with Crippen LogP contribution in [0.4, 0.5) is 4.39 Å². The lowest BCUT2D eigenvalue weighted by molar-refractivity contribution is -0.116. The zero-order valence-electron chi connectivity index (χ0n) is 15.3. The van der Waals surface area contributed by atoms with E-state index in [-0.39, 0.29) is 11.7 Å². The molecular formula is C22H19FN2O3. The van der Waals surface area contributed by atoms with Crippen LogP contribution >= 0.6 is 0 Å². The molecule has 1 aromatic heterocycles. The Bertz CT molecular complexity index is 975. The van der Waals surface area contributed by atoms with Crippen LogP contribution in [-0.2, 0) is 11.3 Å². The van der Waals surface area contributed by atoms with Crippen molar-refractivity contribution in [1.29, 1.82) is 0 Å². The maximum Gasteiger partial charge on any atom is 0.244 e. The summed E-state index contributed by atoms with van der Waals surface area (Å²) in [6.45, 7) is 0.368. The summed E-state index contributed by atoms with van der Waals surface area (Å²) in [5, 5.41) is 2.77. The number of carbonyl (C=O) groups is 1. The number of carbonyl (C=O) groups excluding carboxylic acids is 1. The quantitative estimate of drug-likeness (QED) is 0.621. The Labute approximate surface area is 162 Å². The van der Waals surface area contributed by atoms with Crippen molar-refractivity contribution in [3.05, 3.63) is 90.0 Å². The Morgan fingerprint density at radius 3 is 2.75 bits per heavy atom. The zero-order chi connectivity index (χ0) is 19.8. The molecule has 3 rings (SSSR count). The molecule has 2 aromatic carbocycles. The van der Waals surface area contributed by atoms with Gasteiger partial charge < -0.3 is 14.8 Å². The minimum absolute atomic E-state index is 0.0904. The van der Waals surface area contributed by atoms with Gasteiger partial charge in [0.2, 0.25) is 5.91 Å². The van der Waals surface area contributed by atoms with E-state index in [1.165, 1.54) is 30.5 Å². The molecule has 0 aliphatic heterocycles. The molecule has 0 unspecified atom stereocenters. The number of nitrogens with one attached hydrogen (secondary N) is 1. The number of halogens is 1. The molecule has 0 spiro atoms. The van der Waals surface area contributed by atoms with E-state index >= 15 is 0 Å². The molecule has 0 aliphatic carbocycles. The van der Waals surface area contributed by atoms with Gasteiger partial charge in [-0.05, 0) is 53.6 Å². The van der Waals surface area contributed by atoms with Crippen LogP contribution in [0.1, 0.15) is 11.1 Å². The number of nitrogens with zero attached hydrogens (tertiary/aromatic N) is 1. The van der Waals surface area contributed by atoms with E-state index < -0.39 is 5.82 Å². The zero-order valence-corrected chi connectivity index (χ0v) is 15.3. The number of aromatic nitrogens is 1. The van der Waals surface area contributed by atoms with Crippen LogP contribution in [0, 0.1) is 5.82 Å². The van der Waals surface area contributed by atoms with E-state index in [1.54, 1.807) is 31.5 Å².